The lowest BCUT2D eigenvalue weighted by atomic mass is 10.1. The van der Waals surface area contributed by atoms with Gasteiger partial charge in [0.15, 0.2) is 0 Å². The predicted octanol–water partition coefficient (Wildman–Crippen LogP) is 4.75. The van der Waals surface area contributed by atoms with Gasteiger partial charge in [-0.1, -0.05) is 47.8 Å². The van der Waals surface area contributed by atoms with Crippen LogP contribution >= 0.6 is 34.8 Å². The summed E-state index contributed by atoms with van der Waals surface area (Å²) in [6, 6.07) is 8.21. The normalized spacial score (nSPS) is 12.2. The molecule has 36 heavy (non-hydrogen) atoms. The topological polar surface area (TPSA) is 96.0 Å². The summed E-state index contributed by atoms with van der Waals surface area (Å²) in [4.78, 5) is 28.0. The van der Waals surface area contributed by atoms with Crippen LogP contribution in [-0.2, 0) is 26.2 Å². The average molecular weight is 579 g/mol. The highest BCUT2D eigenvalue weighted by atomic mass is 35.5. The molecule has 0 aliphatic carbocycles. The highest BCUT2D eigenvalue weighted by molar-refractivity contribution is 7.92. The molecule has 1 N–H and O–H groups in total. The quantitative estimate of drug-likeness (QED) is 0.415. The molecule has 0 heterocycles. The number of benzene rings is 2. The molecule has 12 heteroatoms. The highest BCUT2D eigenvalue weighted by Gasteiger charge is 2.32. The zero-order valence-corrected chi connectivity index (χ0v) is 23.8. The summed E-state index contributed by atoms with van der Waals surface area (Å²) in [6.45, 7) is 4.81. The number of amides is 2. The van der Waals surface area contributed by atoms with Gasteiger partial charge in [0.1, 0.15) is 18.3 Å². The number of carbonyl (C=O) groups excluding carboxylic acids is 2. The number of carbonyl (C=O) groups is 2. The summed E-state index contributed by atoms with van der Waals surface area (Å²) in [5.74, 6) is -0.593. The first kappa shape index (κ1) is 30.0. The Morgan fingerprint density at radius 1 is 1.06 bits per heavy atom. The molecule has 198 valence electrons. The number of rotatable bonds is 11. The molecule has 0 unspecified atom stereocenters. The fourth-order valence-corrected chi connectivity index (χ4v) is 5.12. The number of nitrogens with zero attached hydrogens (tertiary/aromatic N) is 2. The molecule has 1 atom stereocenters. The van der Waals surface area contributed by atoms with Crippen molar-refractivity contribution in [3.63, 3.8) is 0 Å². The van der Waals surface area contributed by atoms with Crippen LogP contribution in [0.5, 0.6) is 5.75 Å². The van der Waals surface area contributed by atoms with Crippen molar-refractivity contribution in [3.05, 3.63) is 57.0 Å². The van der Waals surface area contributed by atoms with E-state index in [1.807, 2.05) is 13.8 Å². The number of sulfonamides is 1. The van der Waals surface area contributed by atoms with Crippen LogP contribution in [0.15, 0.2) is 36.4 Å². The Balaban J connectivity index is 2.50. The third-order valence-corrected chi connectivity index (χ3v) is 7.30. The Kier molecular flexibility index (Phi) is 10.7. The Morgan fingerprint density at radius 3 is 2.22 bits per heavy atom. The molecule has 2 aromatic carbocycles. The molecule has 0 bridgehead atoms. The van der Waals surface area contributed by atoms with E-state index in [0.717, 1.165) is 10.6 Å². The van der Waals surface area contributed by atoms with Crippen molar-refractivity contribution in [3.8, 4) is 5.75 Å². The number of ether oxygens (including phenoxy) is 1. The lowest BCUT2D eigenvalue weighted by molar-refractivity contribution is -0.140. The molecular weight excluding hydrogens is 549 g/mol. The molecule has 2 rings (SSSR count). The number of hydrogen-bond acceptors (Lipinski definition) is 5. The van der Waals surface area contributed by atoms with E-state index < -0.39 is 28.5 Å². The number of methoxy groups -OCH3 is 1. The Labute approximate surface area is 227 Å². The number of halogens is 3. The van der Waals surface area contributed by atoms with Gasteiger partial charge in [0.05, 0.1) is 24.1 Å². The van der Waals surface area contributed by atoms with Crippen LogP contribution in [0.25, 0.3) is 0 Å². The summed E-state index contributed by atoms with van der Waals surface area (Å²) >= 11 is 18.6. The second-order valence-electron chi connectivity index (χ2n) is 8.43. The van der Waals surface area contributed by atoms with E-state index >= 15 is 0 Å². The molecule has 0 aromatic heterocycles. The van der Waals surface area contributed by atoms with Crippen molar-refractivity contribution >= 4 is 62.3 Å². The summed E-state index contributed by atoms with van der Waals surface area (Å²) in [6.07, 6.45) is 1.28. The Bertz CT molecular complexity index is 1210. The van der Waals surface area contributed by atoms with Crippen LogP contribution in [0, 0.1) is 0 Å². The van der Waals surface area contributed by atoms with Crippen LogP contribution in [0.3, 0.4) is 0 Å². The molecule has 0 aliphatic rings. The van der Waals surface area contributed by atoms with Gasteiger partial charge in [-0.2, -0.15) is 0 Å². The molecule has 0 saturated heterocycles. The smallest absolute Gasteiger partial charge is 0.244 e. The maximum Gasteiger partial charge on any atom is 0.244 e. The van der Waals surface area contributed by atoms with E-state index in [1.165, 1.54) is 30.2 Å². The molecule has 0 saturated carbocycles. The molecule has 2 aromatic rings. The van der Waals surface area contributed by atoms with Gasteiger partial charge in [-0.3, -0.25) is 13.9 Å². The van der Waals surface area contributed by atoms with Gasteiger partial charge >= 0.3 is 0 Å². The minimum atomic E-state index is -3.90. The van der Waals surface area contributed by atoms with Crippen molar-refractivity contribution in [1.82, 2.24) is 10.2 Å². The van der Waals surface area contributed by atoms with Crippen LogP contribution in [0.4, 0.5) is 5.69 Å². The number of hydrogen-bond donors (Lipinski definition) is 1. The zero-order chi connectivity index (χ0) is 27.2. The van der Waals surface area contributed by atoms with Crippen LogP contribution < -0.4 is 14.4 Å². The molecular formula is C24H30Cl3N3O5S. The molecule has 0 radical (unpaired) electrons. The fourth-order valence-electron chi connectivity index (χ4n) is 3.56. The first-order chi connectivity index (χ1) is 16.8. The summed E-state index contributed by atoms with van der Waals surface area (Å²) < 4.78 is 31.4. The lowest BCUT2D eigenvalue weighted by Crippen LogP contribution is -2.53. The SMILES string of the molecule is CC[C@@H](C(=O)NC(C)C)N(Cc1ccc(Cl)cc1Cl)C(=O)CN(c1ccc(OC)c(Cl)c1)S(C)(=O)=O. The summed E-state index contributed by atoms with van der Waals surface area (Å²) in [5, 5.41) is 3.75. The first-order valence-electron chi connectivity index (χ1n) is 11.1. The monoisotopic (exact) mass is 577 g/mol. The zero-order valence-electron chi connectivity index (χ0n) is 20.7. The summed E-state index contributed by atoms with van der Waals surface area (Å²) in [5.41, 5.74) is 0.740. The average Bonchev–Trinajstić information content (AvgIpc) is 2.77. The number of anilines is 1. The minimum Gasteiger partial charge on any atom is -0.495 e. The van der Waals surface area contributed by atoms with Crippen LogP contribution in [0.1, 0.15) is 32.8 Å². The van der Waals surface area contributed by atoms with Gasteiger partial charge in [-0.15, -0.1) is 0 Å². The standard InChI is InChI=1S/C24H30Cl3N3O5S/c1-6-21(24(32)28-15(2)3)29(13-16-7-8-17(25)11-19(16)26)23(31)14-30(36(5,33)34)18-9-10-22(35-4)20(27)12-18/h7-12,15,21H,6,13-14H2,1-5H3,(H,28,32)/t21-/m0/s1. The van der Waals surface area contributed by atoms with Crippen LogP contribution in [-0.4, -0.2) is 57.1 Å². The van der Waals surface area contributed by atoms with Gasteiger partial charge in [0.25, 0.3) is 0 Å². The van der Waals surface area contributed by atoms with E-state index in [-0.39, 0.29) is 29.2 Å². The van der Waals surface area contributed by atoms with E-state index in [1.54, 1.807) is 25.1 Å². The summed E-state index contributed by atoms with van der Waals surface area (Å²) in [7, 11) is -2.46. The molecule has 0 aliphatic heterocycles. The highest BCUT2D eigenvalue weighted by Crippen LogP contribution is 2.30. The molecule has 0 fully saturated rings. The minimum absolute atomic E-state index is 0.0279. The third kappa shape index (κ3) is 7.90. The Morgan fingerprint density at radius 2 is 1.72 bits per heavy atom. The van der Waals surface area contributed by atoms with Crippen molar-refractivity contribution < 1.29 is 22.7 Å². The van der Waals surface area contributed by atoms with E-state index in [9.17, 15) is 18.0 Å². The number of nitrogens with one attached hydrogen (secondary N) is 1. The molecule has 8 nitrogen and oxygen atoms in total. The van der Waals surface area contributed by atoms with Crippen LogP contribution in [0.2, 0.25) is 15.1 Å². The second-order valence-corrected chi connectivity index (χ2v) is 11.6. The third-order valence-electron chi connectivity index (χ3n) is 5.28. The van der Waals surface area contributed by atoms with Gasteiger partial charge < -0.3 is 15.0 Å². The van der Waals surface area contributed by atoms with Crippen molar-refractivity contribution in [2.45, 2.75) is 45.8 Å². The van der Waals surface area contributed by atoms with Crippen molar-refractivity contribution in [2.24, 2.45) is 0 Å². The predicted molar refractivity (Wildman–Crippen MR) is 145 cm³/mol. The van der Waals surface area contributed by atoms with E-state index in [0.29, 0.717) is 27.8 Å². The maximum absolute atomic E-state index is 13.7. The van der Waals surface area contributed by atoms with Crippen molar-refractivity contribution in [2.75, 3.05) is 24.2 Å². The second kappa shape index (κ2) is 12.9. The molecule has 0 spiro atoms. The maximum atomic E-state index is 13.7. The van der Waals surface area contributed by atoms with Gasteiger partial charge in [0.2, 0.25) is 21.8 Å². The van der Waals surface area contributed by atoms with E-state index in [2.05, 4.69) is 5.32 Å². The fraction of sp³-hybridized carbons (Fsp3) is 0.417. The van der Waals surface area contributed by atoms with Gasteiger partial charge in [0, 0.05) is 22.6 Å². The molecule has 2 amide bonds. The Hall–Kier alpha value is -2.20. The first-order valence-corrected chi connectivity index (χ1v) is 14.1. The van der Waals surface area contributed by atoms with Crippen molar-refractivity contribution in [1.29, 1.82) is 0 Å². The van der Waals surface area contributed by atoms with Gasteiger partial charge in [-0.25, -0.2) is 8.42 Å². The van der Waals surface area contributed by atoms with E-state index in [4.69, 9.17) is 39.5 Å². The largest absolute Gasteiger partial charge is 0.495 e. The van der Waals surface area contributed by atoms with Gasteiger partial charge in [-0.05, 0) is 56.2 Å². The lowest BCUT2D eigenvalue weighted by Gasteiger charge is -2.33.